The third-order valence-corrected chi connectivity index (χ3v) is 6.75. The third-order valence-electron chi connectivity index (χ3n) is 6.75. The van der Waals surface area contributed by atoms with E-state index >= 15 is 0 Å². The Morgan fingerprint density at radius 1 is 0.605 bits per heavy atom. The standard InChI is InChI=1S/C20H18O2.C13H10N2O6/c1-2-14-4-3-5-19(15-6-10-17(21)11-7-15)20(14)16-8-12-18(22)13-9-16;16-12-3-1-8(6-10(12)14(18)19)5-9-2-4-13(17)11(7-9)15(20)21/h3-13,21-22H,2H2,1H3;1-4,6-7,16-17H,5H2. The number of phenolic OH excluding ortho intramolecular Hbond substituents is 4. The normalized spacial score (nSPS) is 10.4. The van der Waals surface area contributed by atoms with E-state index in [4.69, 9.17) is 0 Å². The molecule has 0 heterocycles. The average Bonchev–Trinajstić information content (AvgIpc) is 2.99. The molecule has 4 N–H and O–H groups in total. The van der Waals surface area contributed by atoms with Gasteiger partial charge in [0.05, 0.1) is 9.85 Å². The van der Waals surface area contributed by atoms with Gasteiger partial charge in [0, 0.05) is 12.1 Å². The van der Waals surface area contributed by atoms with Crippen LogP contribution in [0.5, 0.6) is 23.0 Å². The molecule has 5 rings (SSSR count). The smallest absolute Gasteiger partial charge is 0.310 e. The summed E-state index contributed by atoms with van der Waals surface area (Å²) in [7, 11) is 0. The molecule has 0 fully saturated rings. The molecule has 0 aliphatic carbocycles. The minimum Gasteiger partial charge on any atom is -0.508 e. The van der Waals surface area contributed by atoms with Gasteiger partial charge in [-0.05, 0) is 88.2 Å². The summed E-state index contributed by atoms with van der Waals surface area (Å²) in [5.74, 6) is -0.355. The number of aromatic hydroxyl groups is 4. The van der Waals surface area contributed by atoms with Gasteiger partial charge in [-0.2, -0.15) is 0 Å². The topological polar surface area (TPSA) is 167 Å². The van der Waals surface area contributed by atoms with Crippen molar-refractivity contribution in [2.24, 2.45) is 0 Å². The number of hydrogen-bond acceptors (Lipinski definition) is 8. The highest BCUT2D eigenvalue weighted by Crippen LogP contribution is 2.36. The van der Waals surface area contributed by atoms with Crippen molar-refractivity contribution in [3.8, 4) is 45.3 Å². The summed E-state index contributed by atoms with van der Waals surface area (Å²) in [6, 6.07) is 28.6. The van der Waals surface area contributed by atoms with Gasteiger partial charge >= 0.3 is 11.4 Å². The number of hydrogen-bond donors (Lipinski definition) is 4. The molecule has 0 atom stereocenters. The molecule has 5 aromatic rings. The van der Waals surface area contributed by atoms with Gasteiger partial charge in [0.1, 0.15) is 11.5 Å². The molecule has 0 radical (unpaired) electrons. The SMILES string of the molecule is CCc1cccc(-c2ccc(O)cc2)c1-c1ccc(O)cc1.O=[N+]([O-])c1cc(Cc2ccc(O)c([N+](=O)[O-])c2)ccc1O. The second-order valence-corrected chi connectivity index (χ2v) is 9.62. The van der Waals surface area contributed by atoms with Crippen LogP contribution >= 0.6 is 0 Å². The monoisotopic (exact) mass is 580 g/mol. The second kappa shape index (κ2) is 13.2. The van der Waals surface area contributed by atoms with E-state index in [1.54, 1.807) is 24.3 Å². The van der Waals surface area contributed by atoms with Crippen LogP contribution in [-0.4, -0.2) is 30.3 Å². The van der Waals surface area contributed by atoms with Crippen LogP contribution in [0.3, 0.4) is 0 Å². The minimum absolute atomic E-state index is 0.197. The molecule has 10 nitrogen and oxygen atoms in total. The zero-order chi connectivity index (χ0) is 31.1. The van der Waals surface area contributed by atoms with E-state index in [0.717, 1.165) is 23.1 Å². The van der Waals surface area contributed by atoms with Crippen LogP contribution in [0.25, 0.3) is 22.3 Å². The second-order valence-electron chi connectivity index (χ2n) is 9.62. The van der Waals surface area contributed by atoms with Crippen LogP contribution in [0.2, 0.25) is 0 Å². The van der Waals surface area contributed by atoms with E-state index in [0.29, 0.717) is 11.1 Å². The molecule has 0 saturated carbocycles. The molecule has 5 aromatic carbocycles. The van der Waals surface area contributed by atoms with Crippen molar-refractivity contribution in [3.63, 3.8) is 0 Å². The maximum Gasteiger partial charge on any atom is 0.310 e. The van der Waals surface area contributed by atoms with Crippen molar-refractivity contribution in [1.82, 2.24) is 0 Å². The van der Waals surface area contributed by atoms with E-state index in [-0.39, 0.29) is 17.9 Å². The number of nitrogens with zero attached hydrogens (tertiary/aromatic N) is 2. The Balaban J connectivity index is 0.000000197. The third kappa shape index (κ3) is 7.25. The van der Waals surface area contributed by atoms with E-state index in [1.165, 1.54) is 47.5 Å². The summed E-state index contributed by atoms with van der Waals surface area (Å²) in [5.41, 5.74) is 5.88. The number of nitro benzene ring substituents is 2. The van der Waals surface area contributed by atoms with Crippen LogP contribution in [0, 0.1) is 20.2 Å². The Labute approximate surface area is 246 Å². The quantitative estimate of drug-likeness (QED) is 0.113. The summed E-state index contributed by atoms with van der Waals surface area (Å²) in [5, 5.41) is 59.2. The first-order chi connectivity index (χ1) is 20.6. The molecule has 10 heteroatoms. The van der Waals surface area contributed by atoms with Crippen LogP contribution in [0.15, 0.2) is 103 Å². The van der Waals surface area contributed by atoms with Gasteiger partial charge in [0.2, 0.25) is 0 Å². The van der Waals surface area contributed by atoms with Gasteiger partial charge in [-0.15, -0.1) is 0 Å². The molecule has 0 unspecified atom stereocenters. The molecule has 0 aliphatic heterocycles. The van der Waals surface area contributed by atoms with Crippen LogP contribution in [0.1, 0.15) is 23.6 Å². The molecule has 0 aromatic heterocycles. The lowest BCUT2D eigenvalue weighted by molar-refractivity contribution is -0.386. The number of nitro groups is 2. The molecular weight excluding hydrogens is 552 g/mol. The molecule has 0 bridgehead atoms. The molecule has 0 amide bonds. The highest BCUT2D eigenvalue weighted by molar-refractivity contribution is 5.86. The highest BCUT2D eigenvalue weighted by atomic mass is 16.6. The lowest BCUT2D eigenvalue weighted by Crippen LogP contribution is -1.95. The van der Waals surface area contributed by atoms with E-state index < -0.39 is 32.7 Å². The Morgan fingerprint density at radius 2 is 1.07 bits per heavy atom. The number of aryl methyl sites for hydroxylation is 1. The van der Waals surface area contributed by atoms with Gasteiger partial charge in [-0.3, -0.25) is 20.2 Å². The molecule has 43 heavy (non-hydrogen) atoms. The zero-order valence-electron chi connectivity index (χ0n) is 23.0. The fourth-order valence-electron chi connectivity index (χ4n) is 4.63. The average molecular weight is 581 g/mol. The summed E-state index contributed by atoms with van der Waals surface area (Å²) in [6.45, 7) is 2.14. The number of benzene rings is 5. The Morgan fingerprint density at radius 3 is 1.51 bits per heavy atom. The first kappa shape index (κ1) is 30.1. The van der Waals surface area contributed by atoms with E-state index in [1.807, 2.05) is 24.3 Å². The summed E-state index contributed by atoms with van der Waals surface area (Å²) in [4.78, 5) is 20.1. The number of rotatable bonds is 7. The van der Waals surface area contributed by atoms with Crippen LogP contribution < -0.4 is 0 Å². The maximum absolute atomic E-state index is 10.7. The molecule has 0 aliphatic rings. The Hall–Kier alpha value is -5.90. The van der Waals surface area contributed by atoms with Crippen molar-refractivity contribution in [2.75, 3.05) is 0 Å². The lowest BCUT2D eigenvalue weighted by atomic mass is 9.89. The molecule has 0 spiro atoms. The van der Waals surface area contributed by atoms with Crippen LogP contribution in [-0.2, 0) is 12.8 Å². The predicted molar refractivity (Wildman–Crippen MR) is 162 cm³/mol. The van der Waals surface area contributed by atoms with Gasteiger partial charge in [-0.1, -0.05) is 61.5 Å². The van der Waals surface area contributed by atoms with E-state index in [2.05, 4.69) is 25.1 Å². The van der Waals surface area contributed by atoms with Gasteiger partial charge in [-0.25, -0.2) is 0 Å². The Bertz CT molecular complexity index is 1710. The highest BCUT2D eigenvalue weighted by Gasteiger charge is 2.17. The summed E-state index contributed by atoms with van der Waals surface area (Å²) < 4.78 is 0. The minimum atomic E-state index is -0.710. The van der Waals surface area contributed by atoms with Gasteiger partial charge in [0.25, 0.3) is 0 Å². The Kier molecular flexibility index (Phi) is 9.21. The maximum atomic E-state index is 10.7. The molecular formula is C33H28N2O8. The van der Waals surface area contributed by atoms with E-state index in [9.17, 15) is 40.7 Å². The van der Waals surface area contributed by atoms with Gasteiger partial charge < -0.3 is 20.4 Å². The van der Waals surface area contributed by atoms with Crippen molar-refractivity contribution >= 4 is 11.4 Å². The lowest BCUT2D eigenvalue weighted by Gasteiger charge is -2.15. The molecule has 218 valence electrons. The van der Waals surface area contributed by atoms with Crippen molar-refractivity contribution in [3.05, 3.63) is 140 Å². The largest absolute Gasteiger partial charge is 0.508 e. The van der Waals surface area contributed by atoms with Crippen molar-refractivity contribution in [1.29, 1.82) is 0 Å². The fraction of sp³-hybridized carbons (Fsp3) is 0.0909. The van der Waals surface area contributed by atoms with Crippen LogP contribution in [0.4, 0.5) is 11.4 Å². The first-order valence-electron chi connectivity index (χ1n) is 13.2. The van der Waals surface area contributed by atoms with Gasteiger partial charge in [0.15, 0.2) is 11.5 Å². The molecule has 0 saturated heterocycles. The fourth-order valence-corrected chi connectivity index (χ4v) is 4.63. The zero-order valence-corrected chi connectivity index (χ0v) is 23.0. The number of phenols is 4. The summed E-state index contributed by atoms with van der Waals surface area (Å²) >= 11 is 0. The van der Waals surface area contributed by atoms with Crippen molar-refractivity contribution < 1.29 is 30.3 Å². The first-order valence-corrected chi connectivity index (χ1v) is 13.2. The predicted octanol–water partition coefficient (Wildman–Crippen LogP) is 7.50. The summed E-state index contributed by atoms with van der Waals surface area (Å²) in [6.07, 6.45) is 1.13. The van der Waals surface area contributed by atoms with Crippen molar-refractivity contribution in [2.45, 2.75) is 19.8 Å².